The molecule has 0 aliphatic carbocycles. The zero-order valence-corrected chi connectivity index (χ0v) is 13.2. The van der Waals surface area contributed by atoms with Gasteiger partial charge in [0.2, 0.25) is 0 Å². The summed E-state index contributed by atoms with van der Waals surface area (Å²) in [4.78, 5) is 2.10. The van der Waals surface area contributed by atoms with Crippen molar-refractivity contribution in [3.63, 3.8) is 0 Å². The second-order valence-electron chi connectivity index (χ2n) is 4.85. The van der Waals surface area contributed by atoms with Gasteiger partial charge in [-0.2, -0.15) is 0 Å². The number of anilines is 2. The van der Waals surface area contributed by atoms with Gasteiger partial charge in [0.05, 0.1) is 0 Å². The predicted molar refractivity (Wildman–Crippen MR) is 84.6 cm³/mol. The number of nitrogens with one attached hydrogen (secondary N) is 1. The van der Waals surface area contributed by atoms with Gasteiger partial charge in [0.15, 0.2) is 0 Å². The molecule has 0 saturated carbocycles. The number of rotatable bonds is 4. The topological polar surface area (TPSA) is 41.0 Å². The van der Waals surface area contributed by atoms with Crippen LogP contribution in [0.15, 0.2) is 42.5 Å². The Labute approximate surface area is 124 Å². The third-order valence-corrected chi connectivity index (χ3v) is 4.36. The third kappa shape index (κ3) is 2.69. The molecule has 2 aromatic carbocycles. The Bertz CT molecular complexity index is 703. The summed E-state index contributed by atoms with van der Waals surface area (Å²) in [6.07, 6.45) is 0. The van der Waals surface area contributed by atoms with Crippen molar-refractivity contribution >= 4 is 37.4 Å². The minimum atomic E-state index is 0.0213. The van der Waals surface area contributed by atoms with E-state index in [0.29, 0.717) is 0 Å². The summed E-state index contributed by atoms with van der Waals surface area (Å²) in [6.45, 7) is 0.798. The number of hydrogen-bond donors (Lipinski definition) is 1. The van der Waals surface area contributed by atoms with Crippen LogP contribution in [0.25, 0.3) is 11.0 Å². The fourth-order valence-corrected chi connectivity index (χ4v) is 3.21. The molecule has 0 atom stereocenters. The molecular formula is C15H16N4Se. The van der Waals surface area contributed by atoms with Crippen LogP contribution in [0.5, 0.6) is 0 Å². The summed E-state index contributed by atoms with van der Waals surface area (Å²) < 4.78 is 8.87. The van der Waals surface area contributed by atoms with E-state index in [0.717, 1.165) is 23.3 Å². The van der Waals surface area contributed by atoms with Crippen molar-refractivity contribution in [2.24, 2.45) is 0 Å². The van der Waals surface area contributed by atoms with Gasteiger partial charge >= 0.3 is 124 Å². The van der Waals surface area contributed by atoms with Gasteiger partial charge in [0, 0.05) is 0 Å². The van der Waals surface area contributed by atoms with Crippen LogP contribution in [-0.4, -0.2) is 37.0 Å². The van der Waals surface area contributed by atoms with Gasteiger partial charge in [-0.15, -0.1) is 0 Å². The summed E-state index contributed by atoms with van der Waals surface area (Å²) >= 11 is 0.0213. The summed E-state index contributed by atoms with van der Waals surface area (Å²) in [5.74, 6) is 0. The molecule has 0 aliphatic heterocycles. The van der Waals surface area contributed by atoms with Crippen molar-refractivity contribution in [3.8, 4) is 0 Å². The van der Waals surface area contributed by atoms with E-state index in [-0.39, 0.29) is 15.0 Å². The molecule has 102 valence electrons. The zero-order valence-electron chi connectivity index (χ0n) is 11.5. The van der Waals surface area contributed by atoms with Crippen LogP contribution in [-0.2, 0) is 6.54 Å². The molecule has 1 heterocycles. The number of benzene rings is 2. The fraction of sp³-hybridized carbons (Fsp3) is 0.200. The molecule has 0 fully saturated rings. The van der Waals surface area contributed by atoms with E-state index in [2.05, 4.69) is 48.5 Å². The fourth-order valence-electron chi connectivity index (χ4n) is 2.06. The van der Waals surface area contributed by atoms with Crippen molar-refractivity contribution < 1.29 is 0 Å². The molecule has 0 spiro atoms. The SMILES string of the molecule is CN(C)c1ccc(CNc2cccc3n[se]nc23)cc1. The van der Waals surface area contributed by atoms with Gasteiger partial charge in [-0.25, -0.2) is 0 Å². The Hall–Kier alpha value is -1.84. The van der Waals surface area contributed by atoms with Crippen LogP contribution in [0.3, 0.4) is 0 Å². The van der Waals surface area contributed by atoms with Crippen LogP contribution >= 0.6 is 0 Å². The van der Waals surface area contributed by atoms with Crippen molar-refractivity contribution in [2.45, 2.75) is 6.54 Å². The van der Waals surface area contributed by atoms with E-state index in [1.54, 1.807) is 0 Å². The minimum absolute atomic E-state index is 0.0213. The molecule has 3 aromatic rings. The van der Waals surface area contributed by atoms with E-state index in [1.807, 2.05) is 26.2 Å². The first-order chi connectivity index (χ1) is 9.74. The van der Waals surface area contributed by atoms with Gasteiger partial charge in [0.1, 0.15) is 0 Å². The summed E-state index contributed by atoms with van der Waals surface area (Å²) in [5.41, 5.74) is 5.57. The van der Waals surface area contributed by atoms with Crippen LogP contribution in [0.1, 0.15) is 5.56 Å². The van der Waals surface area contributed by atoms with Crippen molar-refractivity contribution in [2.75, 3.05) is 24.3 Å². The molecule has 0 unspecified atom stereocenters. The summed E-state index contributed by atoms with van der Waals surface area (Å²) in [6, 6.07) is 14.7. The quantitative estimate of drug-likeness (QED) is 0.745. The molecule has 0 saturated heterocycles. The number of hydrogen-bond acceptors (Lipinski definition) is 4. The molecule has 20 heavy (non-hydrogen) atoms. The van der Waals surface area contributed by atoms with E-state index in [1.165, 1.54) is 11.3 Å². The number of aromatic nitrogens is 2. The maximum atomic E-state index is 4.48. The Balaban J connectivity index is 1.74. The molecule has 3 rings (SSSR count). The second kappa shape index (κ2) is 5.65. The first kappa shape index (κ1) is 13.2. The van der Waals surface area contributed by atoms with Gasteiger partial charge < -0.3 is 0 Å². The normalized spacial score (nSPS) is 10.7. The average Bonchev–Trinajstić information content (AvgIpc) is 2.94. The third-order valence-electron chi connectivity index (χ3n) is 3.22. The van der Waals surface area contributed by atoms with Gasteiger partial charge in [-0.05, 0) is 0 Å². The summed E-state index contributed by atoms with van der Waals surface area (Å²) in [5, 5.41) is 3.45. The van der Waals surface area contributed by atoms with Crippen molar-refractivity contribution in [1.29, 1.82) is 0 Å². The van der Waals surface area contributed by atoms with Crippen molar-refractivity contribution in [1.82, 2.24) is 7.96 Å². The van der Waals surface area contributed by atoms with E-state index in [4.69, 9.17) is 0 Å². The number of fused-ring (bicyclic) bond motifs is 1. The second-order valence-corrected chi connectivity index (χ2v) is 5.96. The monoisotopic (exact) mass is 332 g/mol. The van der Waals surface area contributed by atoms with Crippen LogP contribution in [0.4, 0.5) is 11.4 Å². The van der Waals surface area contributed by atoms with Crippen LogP contribution in [0, 0.1) is 0 Å². The van der Waals surface area contributed by atoms with Gasteiger partial charge in [-0.3, -0.25) is 0 Å². The molecule has 0 bridgehead atoms. The molecule has 1 aromatic heterocycles. The van der Waals surface area contributed by atoms with Crippen molar-refractivity contribution in [3.05, 3.63) is 48.0 Å². The zero-order chi connectivity index (χ0) is 13.9. The molecule has 0 radical (unpaired) electrons. The average molecular weight is 331 g/mol. The Morgan fingerprint density at radius 3 is 2.60 bits per heavy atom. The first-order valence-electron chi connectivity index (χ1n) is 6.45. The van der Waals surface area contributed by atoms with E-state index >= 15 is 0 Å². The predicted octanol–water partition coefficient (Wildman–Crippen LogP) is 2.36. The van der Waals surface area contributed by atoms with Crippen LogP contribution < -0.4 is 10.2 Å². The Kier molecular flexibility index (Phi) is 3.72. The van der Waals surface area contributed by atoms with E-state index < -0.39 is 0 Å². The molecule has 0 aliphatic rings. The summed E-state index contributed by atoms with van der Waals surface area (Å²) in [7, 11) is 4.10. The van der Waals surface area contributed by atoms with Gasteiger partial charge in [-0.1, -0.05) is 0 Å². The van der Waals surface area contributed by atoms with Gasteiger partial charge in [0.25, 0.3) is 0 Å². The number of nitrogens with zero attached hydrogens (tertiary/aromatic N) is 3. The molecular weight excluding hydrogens is 315 g/mol. The molecule has 4 nitrogen and oxygen atoms in total. The first-order valence-corrected chi connectivity index (χ1v) is 7.99. The Morgan fingerprint density at radius 2 is 1.85 bits per heavy atom. The Morgan fingerprint density at radius 1 is 1.05 bits per heavy atom. The van der Waals surface area contributed by atoms with Crippen LogP contribution in [0.2, 0.25) is 0 Å². The maximum absolute atomic E-state index is 4.48. The molecule has 5 heteroatoms. The standard InChI is InChI=1S/C15H16N4Se/c1-19(2)12-8-6-11(7-9-12)10-16-13-4-3-5-14-15(13)18-20-17-14/h3-9,16H,10H2,1-2H3. The van der Waals surface area contributed by atoms with E-state index in [9.17, 15) is 0 Å². The molecule has 0 amide bonds. The molecule has 1 N–H and O–H groups in total.